The van der Waals surface area contributed by atoms with E-state index in [0.29, 0.717) is 82.8 Å². The predicted octanol–water partition coefficient (Wildman–Crippen LogP) is 18.0. The van der Waals surface area contributed by atoms with Gasteiger partial charge in [-0.1, -0.05) is 183 Å². The summed E-state index contributed by atoms with van der Waals surface area (Å²) in [5, 5.41) is 43.6. The van der Waals surface area contributed by atoms with E-state index in [1.165, 1.54) is 35.6 Å². The molecule has 0 radical (unpaired) electrons. The molecule has 12 rings (SSSR count). The molecule has 12 aromatic rings. The Labute approximate surface area is 598 Å². The number of pyridine rings is 1. The van der Waals surface area contributed by atoms with Crippen molar-refractivity contribution in [2.24, 2.45) is 0 Å². The maximum atomic E-state index is 4.98. The number of nitrogens with one attached hydrogen (secondary N) is 3. The van der Waals surface area contributed by atoms with Gasteiger partial charge < -0.3 is 18.3 Å². The van der Waals surface area contributed by atoms with Gasteiger partial charge in [-0.15, -0.1) is 53.3 Å². The monoisotopic (exact) mass is 1420 g/mol. The largest absolute Gasteiger partial charge is 0.449 e. The second-order valence-electron chi connectivity index (χ2n) is 24.8. The molecular formula is C69H108N24O3S3. The van der Waals surface area contributed by atoms with Crippen molar-refractivity contribution in [1.82, 2.24) is 121 Å². The van der Waals surface area contributed by atoms with E-state index in [0.717, 1.165) is 50.6 Å². The summed E-state index contributed by atoms with van der Waals surface area (Å²) in [5.74, 6) is 11.5. The summed E-state index contributed by atoms with van der Waals surface area (Å²) in [4.78, 5) is 47.4. The molecule has 12 heterocycles. The maximum Gasteiger partial charge on any atom is 0.228 e. The summed E-state index contributed by atoms with van der Waals surface area (Å²) >= 11 is 4.80. The van der Waals surface area contributed by atoms with E-state index >= 15 is 0 Å². The van der Waals surface area contributed by atoms with E-state index in [1.54, 1.807) is 84.2 Å². The fraction of sp³-hybridized carbons (Fsp3) is 0.522. The number of nitrogens with zero attached hydrogens (tertiary/aromatic N) is 21. The molecule has 0 saturated heterocycles. The number of thiazole rings is 1. The van der Waals surface area contributed by atoms with Gasteiger partial charge in [0, 0.05) is 126 Å². The molecule has 27 nitrogen and oxygen atoms in total. The van der Waals surface area contributed by atoms with Gasteiger partial charge in [0.25, 0.3) is 0 Å². The molecule has 0 aliphatic rings. The third kappa shape index (κ3) is 42.4. The van der Waals surface area contributed by atoms with Crippen LogP contribution in [0.4, 0.5) is 0 Å². The van der Waals surface area contributed by atoms with Crippen LogP contribution in [0.15, 0.2) is 142 Å². The number of oxazole rings is 1. The van der Waals surface area contributed by atoms with Crippen LogP contribution in [0.2, 0.25) is 0 Å². The van der Waals surface area contributed by atoms with Crippen molar-refractivity contribution in [3.8, 4) is 0 Å². The zero-order valence-electron chi connectivity index (χ0n) is 62.4. The molecule has 0 amide bonds. The van der Waals surface area contributed by atoms with Crippen LogP contribution in [0.3, 0.4) is 0 Å². The molecule has 30 heteroatoms. The first-order valence-electron chi connectivity index (χ1n) is 33.0. The van der Waals surface area contributed by atoms with Crippen molar-refractivity contribution in [1.29, 1.82) is 0 Å². The van der Waals surface area contributed by atoms with E-state index in [2.05, 4.69) is 231 Å². The van der Waals surface area contributed by atoms with Gasteiger partial charge in [0.05, 0.1) is 16.9 Å². The van der Waals surface area contributed by atoms with E-state index in [4.69, 9.17) is 13.4 Å². The topological polar surface area (TPSA) is 357 Å². The van der Waals surface area contributed by atoms with E-state index in [1.807, 2.05) is 104 Å². The molecule has 0 fully saturated rings. The highest BCUT2D eigenvalue weighted by Crippen LogP contribution is 2.17. The van der Waals surface area contributed by atoms with Crippen LogP contribution in [0.5, 0.6) is 0 Å². The zero-order chi connectivity index (χ0) is 73.9. The van der Waals surface area contributed by atoms with Gasteiger partial charge in [-0.25, -0.2) is 34.9 Å². The first-order chi connectivity index (χ1) is 47.2. The SMILES string of the molecule is CC(C)c1ccccn1.CC(C)c1cnccn1.CC(C)c1ncc[nH]1.CC(C)c1ncccn1.CC(C)c1ncco1.CC(C)c1nccs1.CC(C)c1ncn[nH]1.CC(C)c1ncno1.CC(C)c1ncns1.CC(C)c1nn[nH]n1.CC(C)c1nnco1.CC(C)c1nncs1. The number of tetrazole rings is 1. The quantitative estimate of drug-likeness (QED) is 0.102. The fourth-order valence-corrected chi connectivity index (χ4v) is 7.94. The van der Waals surface area contributed by atoms with Crippen LogP contribution < -0.4 is 0 Å². The van der Waals surface area contributed by atoms with Crippen molar-refractivity contribution >= 4 is 34.2 Å². The second-order valence-corrected chi connectivity index (χ2v) is 27.4. The van der Waals surface area contributed by atoms with Gasteiger partial charge in [0.1, 0.15) is 51.9 Å². The van der Waals surface area contributed by atoms with Gasteiger partial charge in [-0.3, -0.25) is 20.1 Å². The molecule has 0 unspecified atom stereocenters. The third-order valence-corrected chi connectivity index (χ3v) is 14.9. The molecular weight excluding hydrogens is 1310 g/mol. The van der Waals surface area contributed by atoms with Crippen LogP contribution in [0, 0.1) is 0 Å². The smallest absolute Gasteiger partial charge is 0.228 e. The summed E-state index contributed by atoms with van der Waals surface area (Å²) in [6, 6.07) is 7.82. The van der Waals surface area contributed by atoms with Gasteiger partial charge in [0.2, 0.25) is 18.2 Å². The first-order valence-corrected chi connectivity index (χ1v) is 35.5. The first kappa shape index (κ1) is 88.0. The Kier molecular flexibility index (Phi) is 47.1. The van der Waals surface area contributed by atoms with Crippen molar-refractivity contribution in [3.63, 3.8) is 0 Å². The number of rotatable bonds is 12. The second kappa shape index (κ2) is 53.0. The molecule has 0 atom stereocenters. The minimum absolute atomic E-state index is 0.345. The molecule has 0 bridgehead atoms. The van der Waals surface area contributed by atoms with Crippen molar-refractivity contribution in [3.05, 3.63) is 196 Å². The van der Waals surface area contributed by atoms with E-state index in [9.17, 15) is 0 Å². The zero-order valence-corrected chi connectivity index (χ0v) is 64.8. The number of imidazole rings is 1. The van der Waals surface area contributed by atoms with Crippen LogP contribution in [-0.4, -0.2) is 121 Å². The number of hydrogen-bond acceptors (Lipinski definition) is 27. The highest BCUT2D eigenvalue weighted by molar-refractivity contribution is 7.09. The van der Waals surface area contributed by atoms with Crippen LogP contribution >= 0.6 is 34.2 Å². The van der Waals surface area contributed by atoms with Gasteiger partial charge in [0.15, 0.2) is 18.0 Å². The molecule has 540 valence electrons. The molecule has 0 aliphatic carbocycles. The minimum Gasteiger partial charge on any atom is -0.449 e. The number of aromatic nitrogens is 24. The summed E-state index contributed by atoms with van der Waals surface area (Å²) in [6.45, 7) is 49.9. The lowest BCUT2D eigenvalue weighted by molar-refractivity contribution is 0.364. The normalized spacial score (nSPS) is 10.3. The molecule has 0 aromatic carbocycles. The lowest BCUT2D eigenvalue weighted by Gasteiger charge is -2.00. The van der Waals surface area contributed by atoms with Crippen LogP contribution in [0.25, 0.3) is 0 Å². The average Bonchev–Trinajstić information content (AvgIpc) is 3.10. The minimum atomic E-state index is 0.345. The van der Waals surface area contributed by atoms with Crippen molar-refractivity contribution in [2.75, 3.05) is 0 Å². The van der Waals surface area contributed by atoms with Crippen molar-refractivity contribution < 1.29 is 13.4 Å². The Bertz CT molecular complexity index is 2870. The lowest BCUT2D eigenvalue weighted by atomic mass is 10.1. The van der Waals surface area contributed by atoms with E-state index in [-0.39, 0.29) is 0 Å². The van der Waals surface area contributed by atoms with Crippen molar-refractivity contribution in [2.45, 2.75) is 237 Å². The average molecular weight is 1420 g/mol. The molecule has 99 heavy (non-hydrogen) atoms. The number of aromatic amines is 3. The molecule has 3 N–H and O–H groups in total. The number of H-pyrrole nitrogens is 3. The summed E-state index contributed by atoms with van der Waals surface area (Å²) in [5.41, 5.74) is 3.98. The van der Waals surface area contributed by atoms with Gasteiger partial charge in [-0.2, -0.15) is 19.7 Å². The van der Waals surface area contributed by atoms with E-state index < -0.39 is 0 Å². The molecule has 0 saturated carbocycles. The maximum absolute atomic E-state index is 4.98. The Morgan fingerprint density at radius 1 is 0.414 bits per heavy atom. The Balaban J connectivity index is 0.000000540. The number of hydrogen-bond donors (Lipinski definition) is 3. The Morgan fingerprint density at radius 2 is 1.06 bits per heavy atom. The molecule has 12 aromatic heterocycles. The Hall–Kier alpha value is -9.03. The molecule has 0 aliphatic heterocycles. The lowest BCUT2D eigenvalue weighted by Crippen LogP contribution is -1.93. The van der Waals surface area contributed by atoms with Gasteiger partial charge in [-0.05, 0) is 41.6 Å². The summed E-state index contributed by atoms with van der Waals surface area (Å²) < 4.78 is 18.5. The van der Waals surface area contributed by atoms with Gasteiger partial charge >= 0.3 is 0 Å². The summed E-state index contributed by atoms with van der Waals surface area (Å²) in [7, 11) is 0. The highest BCUT2D eigenvalue weighted by Gasteiger charge is 2.06. The summed E-state index contributed by atoms with van der Waals surface area (Å²) in [6.07, 6.45) is 25.2. The Morgan fingerprint density at radius 3 is 1.33 bits per heavy atom. The highest BCUT2D eigenvalue weighted by atomic mass is 32.1. The molecule has 0 spiro atoms. The third-order valence-electron chi connectivity index (χ3n) is 11.9. The predicted molar refractivity (Wildman–Crippen MR) is 394 cm³/mol. The standard InChI is InChI=1S/C8H11N.2C7H10N2.C6H10N2.C6H9NO.C6H9NS.C5H9N3.2C5H8N2O.2C5H8N2S.C4H8N4/c1-7(2)8-5-3-4-6-9-8;1-6(2)7-5-8-3-4-9-7;1-6(2)7-8-4-3-5-9-7;3*1-5(2)6-7-3-4-8-6;1-4(2)5-6-3-7-8-5;1-4(2)5-7-6-3-8-5;1-4(2)5-6-3-7-8-5;1-4(2)5-7-6-3-8-5;1-4(2)5-6-3-7-8-5;1-3(2)4-5-7-8-6-4/h3-7H,1-2H3;2*3-6H,1-2H3;3-5H,1-2H3,(H,7,8);2*3-5H,1-2H3;3-4H,1-2H3,(H,6,7,8);4*3-4H,1-2H3;3H,1-2H3,(H,5,6,7,8). The van der Waals surface area contributed by atoms with Crippen LogP contribution in [0.1, 0.15) is 305 Å². The van der Waals surface area contributed by atoms with Crippen LogP contribution in [-0.2, 0) is 0 Å². The fourth-order valence-electron chi connectivity index (χ4n) is 6.21.